The third kappa shape index (κ3) is 2.71. The molecule has 126 valence electrons. The van der Waals surface area contributed by atoms with Crippen molar-refractivity contribution in [2.45, 2.75) is 50.5 Å². The lowest BCUT2D eigenvalue weighted by molar-refractivity contribution is -0.124. The molecule has 2 aromatic rings. The number of rotatable bonds is 4. The summed E-state index contributed by atoms with van der Waals surface area (Å²) < 4.78 is 5.14. The van der Waals surface area contributed by atoms with E-state index in [-0.39, 0.29) is 17.7 Å². The molecule has 2 saturated carbocycles. The van der Waals surface area contributed by atoms with E-state index in [0.717, 1.165) is 42.7 Å². The number of carbonyl (C=O) groups excluding carboxylic acids is 1. The second-order valence-electron chi connectivity index (χ2n) is 6.89. The molecule has 6 heteroatoms. The maximum atomic E-state index is 12.8. The fourth-order valence-corrected chi connectivity index (χ4v) is 4.09. The first-order chi connectivity index (χ1) is 11.6. The van der Waals surface area contributed by atoms with Gasteiger partial charge in [0.1, 0.15) is 5.54 Å². The first-order valence-corrected chi connectivity index (χ1v) is 8.84. The third-order valence-electron chi connectivity index (χ3n) is 5.21. The molecule has 24 heavy (non-hydrogen) atoms. The van der Waals surface area contributed by atoms with Crippen LogP contribution in [0.5, 0.6) is 0 Å². The molecule has 1 aromatic carbocycles. The molecule has 0 spiro atoms. The van der Waals surface area contributed by atoms with Crippen molar-refractivity contribution >= 4 is 17.5 Å². The highest BCUT2D eigenvalue weighted by atomic mass is 35.5. The van der Waals surface area contributed by atoms with E-state index in [4.69, 9.17) is 16.1 Å². The Kier molecular flexibility index (Phi) is 3.83. The van der Waals surface area contributed by atoms with Crippen LogP contribution in [0.25, 0.3) is 0 Å². The van der Waals surface area contributed by atoms with Gasteiger partial charge in [-0.3, -0.25) is 4.79 Å². The predicted octanol–water partition coefficient (Wildman–Crippen LogP) is 3.72. The van der Waals surface area contributed by atoms with Crippen LogP contribution in [0.2, 0.25) is 5.02 Å². The Labute approximate surface area is 145 Å². The highest BCUT2D eigenvalue weighted by Gasteiger charge is 2.49. The Morgan fingerprint density at radius 2 is 2.08 bits per heavy atom. The molecule has 5 nitrogen and oxygen atoms in total. The van der Waals surface area contributed by atoms with Crippen LogP contribution in [-0.4, -0.2) is 16.0 Å². The van der Waals surface area contributed by atoms with Gasteiger partial charge in [0.25, 0.3) is 0 Å². The molecular formula is C18H20ClN3O2. The van der Waals surface area contributed by atoms with Crippen LogP contribution in [0.15, 0.2) is 28.8 Å². The van der Waals surface area contributed by atoms with E-state index in [1.54, 1.807) is 6.92 Å². The van der Waals surface area contributed by atoms with Gasteiger partial charge in [-0.2, -0.15) is 4.98 Å². The van der Waals surface area contributed by atoms with Crippen molar-refractivity contribution in [3.8, 4) is 0 Å². The summed E-state index contributed by atoms with van der Waals surface area (Å²) >= 11 is 6.26. The van der Waals surface area contributed by atoms with E-state index in [1.165, 1.54) is 0 Å². The van der Waals surface area contributed by atoms with Crippen LogP contribution < -0.4 is 5.32 Å². The maximum Gasteiger partial charge on any atom is 0.224 e. The fourth-order valence-electron chi connectivity index (χ4n) is 3.81. The van der Waals surface area contributed by atoms with Crippen molar-refractivity contribution in [2.24, 2.45) is 5.92 Å². The van der Waals surface area contributed by atoms with Crippen LogP contribution in [0.4, 0.5) is 0 Å². The number of benzene rings is 1. The third-order valence-corrected chi connectivity index (χ3v) is 5.55. The topological polar surface area (TPSA) is 68.0 Å². The van der Waals surface area contributed by atoms with Gasteiger partial charge in [0.05, 0.1) is 0 Å². The summed E-state index contributed by atoms with van der Waals surface area (Å²) in [7, 11) is 0. The second kappa shape index (κ2) is 5.88. The molecule has 0 unspecified atom stereocenters. The number of nitrogens with one attached hydrogen (secondary N) is 1. The summed E-state index contributed by atoms with van der Waals surface area (Å²) in [6.07, 6.45) is 4.69. The Morgan fingerprint density at radius 1 is 1.33 bits per heavy atom. The number of nitrogens with zero attached hydrogens (tertiary/aromatic N) is 2. The summed E-state index contributed by atoms with van der Waals surface area (Å²) in [5.41, 5.74) is 0.595. The van der Waals surface area contributed by atoms with Crippen LogP contribution in [-0.2, 0) is 10.3 Å². The van der Waals surface area contributed by atoms with Gasteiger partial charge in [-0.15, -0.1) is 0 Å². The molecule has 1 aromatic heterocycles. The second-order valence-corrected chi connectivity index (χ2v) is 7.29. The number of amides is 1. The molecule has 2 fully saturated rings. The summed E-state index contributed by atoms with van der Waals surface area (Å²) in [5, 5.41) is 8.05. The van der Waals surface area contributed by atoms with Gasteiger partial charge in [-0.1, -0.05) is 47.8 Å². The molecule has 2 atom stereocenters. The minimum absolute atomic E-state index is 0.0182. The molecular weight excluding hydrogens is 326 g/mol. The predicted molar refractivity (Wildman–Crippen MR) is 89.6 cm³/mol. The van der Waals surface area contributed by atoms with Gasteiger partial charge < -0.3 is 9.84 Å². The van der Waals surface area contributed by atoms with Gasteiger partial charge in [-0.25, -0.2) is 0 Å². The van der Waals surface area contributed by atoms with Crippen LogP contribution in [0.3, 0.4) is 0 Å². The molecule has 0 radical (unpaired) electrons. The highest BCUT2D eigenvalue weighted by molar-refractivity contribution is 6.31. The number of hydrogen-bond acceptors (Lipinski definition) is 4. The first-order valence-electron chi connectivity index (χ1n) is 8.46. The molecule has 1 N–H and O–H groups in total. The summed E-state index contributed by atoms with van der Waals surface area (Å²) in [6, 6.07) is 7.77. The average Bonchev–Trinajstić information content (AvgIpc) is 3.00. The summed E-state index contributed by atoms with van der Waals surface area (Å²) in [4.78, 5) is 17.2. The normalized spacial score (nSPS) is 24.8. The lowest BCUT2D eigenvalue weighted by Gasteiger charge is -2.27. The van der Waals surface area contributed by atoms with E-state index in [0.29, 0.717) is 11.7 Å². The molecule has 4 rings (SSSR count). The number of aromatic nitrogens is 2. The summed E-state index contributed by atoms with van der Waals surface area (Å²) in [5.74, 6) is 1.41. The standard InChI is InChI=1S/C18H20ClN3O2/c1-11-20-17(22-24-11)18(8-4-5-9-18)21-16(23)14-10-13(14)12-6-2-3-7-15(12)19/h2-3,6-7,13-14H,4-5,8-10H2,1H3,(H,21,23)/t13-,14+/m0/s1. The van der Waals surface area contributed by atoms with Crippen molar-refractivity contribution in [2.75, 3.05) is 0 Å². The molecule has 0 aliphatic heterocycles. The number of aryl methyl sites for hydroxylation is 1. The Morgan fingerprint density at radius 3 is 2.75 bits per heavy atom. The van der Waals surface area contributed by atoms with E-state index >= 15 is 0 Å². The Hall–Kier alpha value is -1.88. The largest absolute Gasteiger partial charge is 0.343 e. The molecule has 1 heterocycles. The number of hydrogen-bond donors (Lipinski definition) is 1. The quantitative estimate of drug-likeness (QED) is 0.917. The van der Waals surface area contributed by atoms with Gasteiger partial charge in [0.2, 0.25) is 11.8 Å². The van der Waals surface area contributed by atoms with Crippen molar-refractivity contribution in [1.29, 1.82) is 0 Å². The highest BCUT2D eigenvalue weighted by Crippen LogP contribution is 2.50. The molecule has 1 amide bonds. The van der Waals surface area contributed by atoms with Crippen LogP contribution in [0.1, 0.15) is 55.3 Å². The smallest absolute Gasteiger partial charge is 0.224 e. The van der Waals surface area contributed by atoms with Gasteiger partial charge in [-0.05, 0) is 36.8 Å². The zero-order valence-electron chi connectivity index (χ0n) is 13.6. The van der Waals surface area contributed by atoms with Crippen molar-refractivity contribution in [3.63, 3.8) is 0 Å². The van der Waals surface area contributed by atoms with E-state index in [2.05, 4.69) is 15.5 Å². The van der Waals surface area contributed by atoms with E-state index in [9.17, 15) is 4.79 Å². The maximum absolute atomic E-state index is 12.8. The monoisotopic (exact) mass is 345 g/mol. The molecule has 2 aliphatic carbocycles. The Bertz CT molecular complexity index is 767. The van der Waals surface area contributed by atoms with Crippen LogP contribution in [0, 0.1) is 12.8 Å². The average molecular weight is 346 g/mol. The Balaban J connectivity index is 1.50. The summed E-state index contributed by atoms with van der Waals surface area (Å²) in [6.45, 7) is 1.77. The molecule has 0 bridgehead atoms. The zero-order valence-corrected chi connectivity index (χ0v) is 14.3. The van der Waals surface area contributed by atoms with Crippen molar-refractivity contribution in [1.82, 2.24) is 15.5 Å². The SMILES string of the molecule is Cc1nc(C2(NC(=O)[C@@H]3C[C@H]3c3ccccc3Cl)CCCC2)no1. The zero-order chi connectivity index (χ0) is 16.7. The lowest BCUT2D eigenvalue weighted by Crippen LogP contribution is -2.45. The molecule has 0 saturated heterocycles. The van der Waals surface area contributed by atoms with E-state index in [1.807, 2.05) is 24.3 Å². The van der Waals surface area contributed by atoms with Gasteiger partial charge in [0.15, 0.2) is 5.82 Å². The number of carbonyl (C=O) groups is 1. The van der Waals surface area contributed by atoms with Gasteiger partial charge >= 0.3 is 0 Å². The van der Waals surface area contributed by atoms with E-state index < -0.39 is 5.54 Å². The lowest BCUT2D eigenvalue weighted by atomic mass is 9.96. The minimum atomic E-state index is -0.470. The van der Waals surface area contributed by atoms with Crippen molar-refractivity contribution in [3.05, 3.63) is 46.6 Å². The van der Waals surface area contributed by atoms with Crippen molar-refractivity contribution < 1.29 is 9.32 Å². The van der Waals surface area contributed by atoms with Crippen LogP contribution >= 0.6 is 11.6 Å². The number of halogens is 1. The molecule has 2 aliphatic rings. The fraction of sp³-hybridized carbons (Fsp3) is 0.500. The minimum Gasteiger partial charge on any atom is -0.343 e. The first kappa shape index (κ1) is 15.6. The van der Waals surface area contributed by atoms with Gasteiger partial charge in [0, 0.05) is 17.9 Å².